The number of aliphatic hydroxyl groups is 1. The molecule has 0 radical (unpaired) electrons. The van der Waals surface area contributed by atoms with Crippen LogP contribution in [0.1, 0.15) is 21.4 Å². The maximum absolute atomic E-state index is 11.3. The minimum atomic E-state index is -3.18. The van der Waals surface area contributed by atoms with E-state index >= 15 is 0 Å². The maximum atomic E-state index is 11.3. The largest absolute Gasteiger partial charge is 0.383 e. The van der Waals surface area contributed by atoms with Crippen molar-refractivity contribution in [2.45, 2.75) is 17.9 Å². The molecule has 1 unspecified atom stereocenters. The fourth-order valence-corrected chi connectivity index (χ4v) is 3.18. The molecule has 0 aliphatic heterocycles. The SMILES string of the molecule is Cc1ccc(C(O)c2ccc(S(C)(=O)=O)cc2)s1. The molecule has 0 amide bonds. The molecule has 5 heteroatoms. The lowest BCUT2D eigenvalue weighted by molar-refractivity contribution is 0.224. The first-order chi connectivity index (χ1) is 8.38. The van der Waals surface area contributed by atoms with E-state index in [1.165, 1.54) is 29.7 Å². The number of aryl methyl sites for hydroxylation is 1. The third kappa shape index (κ3) is 2.80. The van der Waals surface area contributed by atoms with Gasteiger partial charge in [-0.2, -0.15) is 0 Å². The Morgan fingerprint density at radius 1 is 1.11 bits per heavy atom. The van der Waals surface area contributed by atoms with Gasteiger partial charge >= 0.3 is 0 Å². The molecule has 0 fully saturated rings. The van der Waals surface area contributed by atoms with E-state index in [4.69, 9.17) is 0 Å². The van der Waals surface area contributed by atoms with Crippen LogP contribution in [0.2, 0.25) is 0 Å². The Bertz CT molecular complexity index is 639. The lowest BCUT2D eigenvalue weighted by Gasteiger charge is -2.09. The van der Waals surface area contributed by atoms with E-state index in [-0.39, 0.29) is 4.90 Å². The molecule has 0 aliphatic rings. The quantitative estimate of drug-likeness (QED) is 0.941. The molecule has 1 heterocycles. The summed E-state index contributed by atoms with van der Waals surface area (Å²) in [7, 11) is -3.18. The summed E-state index contributed by atoms with van der Waals surface area (Å²) in [5.74, 6) is 0. The van der Waals surface area contributed by atoms with Gasteiger partial charge in [0, 0.05) is 16.0 Å². The zero-order valence-electron chi connectivity index (χ0n) is 10.1. The van der Waals surface area contributed by atoms with Crippen LogP contribution >= 0.6 is 11.3 Å². The van der Waals surface area contributed by atoms with Crippen LogP contribution in [-0.2, 0) is 9.84 Å². The lowest BCUT2D eigenvalue weighted by Crippen LogP contribution is -2.00. The van der Waals surface area contributed by atoms with Crippen molar-refractivity contribution in [1.29, 1.82) is 0 Å². The molecule has 0 saturated heterocycles. The van der Waals surface area contributed by atoms with Crippen LogP contribution in [0.15, 0.2) is 41.3 Å². The van der Waals surface area contributed by atoms with Crippen molar-refractivity contribution >= 4 is 21.2 Å². The summed E-state index contributed by atoms with van der Waals surface area (Å²) in [6.45, 7) is 1.98. The molecule has 2 rings (SSSR count). The molecule has 2 aromatic rings. The first kappa shape index (κ1) is 13.3. The van der Waals surface area contributed by atoms with E-state index in [1.807, 2.05) is 19.1 Å². The second-order valence-electron chi connectivity index (χ2n) is 4.19. The van der Waals surface area contributed by atoms with E-state index < -0.39 is 15.9 Å². The van der Waals surface area contributed by atoms with Gasteiger partial charge in [-0.15, -0.1) is 11.3 Å². The van der Waals surface area contributed by atoms with Crippen molar-refractivity contribution in [1.82, 2.24) is 0 Å². The van der Waals surface area contributed by atoms with E-state index in [0.29, 0.717) is 5.56 Å². The summed E-state index contributed by atoms with van der Waals surface area (Å²) in [4.78, 5) is 2.26. The van der Waals surface area contributed by atoms with E-state index in [0.717, 1.165) is 9.75 Å². The van der Waals surface area contributed by atoms with E-state index in [9.17, 15) is 13.5 Å². The molecule has 1 aromatic heterocycles. The van der Waals surface area contributed by atoms with Crippen molar-refractivity contribution in [2.24, 2.45) is 0 Å². The highest BCUT2D eigenvalue weighted by molar-refractivity contribution is 7.90. The Balaban J connectivity index is 2.30. The van der Waals surface area contributed by atoms with Crippen LogP contribution in [0.3, 0.4) is 0 Å². The first-order valence-corrected chi connectivity index (χ1v) is 8.13. The number of sulfone groups is 1. The van der Waals surface area contributed by atoms with Gasteiger partial charge in [0.1, 0.15) is 6.10 Å². The van der Waals surface area contributed by atoms with Gasteiger partial charge in [0.05, 0.1) is 4.90 Å². The van der Waals surface area contributed by atoms with Gasteiger partial charge in [-0.25, -0.2) is 8.42 Å². The van der Waals surface area contributed by atoms with Gasteiger partial charge in [-0.3, -0.25) is 0 Å². The highest BCUT2D eigenvalue weighted by atomic mass is 32.2. The average molecular weight is 282 g/mol. The molecule has 0 bridgehead atoms. The Kier molecular flexibility index (Phi) is 3.56. The Morgan fingerprint density at radius 3 is 2.17 bits per heavy atom. The zero-order valence-corrected chi connectivity index (χ0v) is 11.8. The predicted molar refractivity (Wildman–Crippen MR) is 72.7 cm³/mol. The third-order valence-corrected chi connectivity index (χ3v) is 4.84. The zero-order chi connectivity index (χ0) is 13.3. The Hall–Kier alpha value is -1.17. The summed E-state index contributed by atoms with van der Waals surface area (Å²) >= 11 is 1.53. The monoisotopic (exact) mass is 282 g/mol. The van der Waals surface area contributed by atoms with Crippen molar-refractivity contribution in [2.75, 3.05) is 6.26 Å². The number of thiophene rings is 1. The van der Waals surface area contributed by atoms with Crippen LogP contribution < -0.4 is 0 Å². The smallest absolute Gasteiger partial charge is 0.175 e. The lowest BCUT2D eigenvalue weighted by atomic mass is 10.1. The van der Waals surface area contributed by atoms with Crippen molar-refractivity contribution in [3.8, 4) is 0 Å². The van der Waals surface area contributed by atoms with Gasteiger partial charge in [-0.05, 0) is 36.8 Å². The molecule has 1 N–H and O–H groups in total. The van der Waals surface area contributed by atoms with E-state index in [2.05, 4.69) is 0 Å². The summed E-state index contributed by atoms with van der Waals surface area (Å²) in [6, 6.07) is 10.2. The first-order valence-electron chi connectivity index (χ1n) is 5.42. The third-order valence-electron chi connectivity index (χ3n) is 2.65. The molecule has 1 aromatic carbocycles. The topological polar surface area (TPSA) is 54.4 Å². The summed E-state index contributed by atoms with van der Waals surface area (Å²) < 4.78 is 22.7. The van der Waals surface area contributed by atoms with Crippen LogP contribution in [-0.4, -0.2) is 19.8 Å². The van der Waals surface area contributed by atoms with E-state index in [1.54, 1.807) is 12.1 Å². The van der Waals surface area contributed by atoms with Crippen molar-refractivity contribution in [3.63, 3.8) is 0 Å². The number of aliphatic hydroxyl groups excluding tert-OH is 1. The number of benzene rings is 1. The minimum Gasteiger partial charge on any atom is -0.383 e. The fourth-order valence-electron chi connectivity index (χ4n) is 1.66. The normalized spacial score (nSPS) is 13.5. The van der Waals surface area contributed by atoms with Crippen molar-refractivity contribution < 1.29 is 13.5 Å². The van der Waals surface area contributed by atoms with Crippen LogP contribution in [0.5, 0.6) is 0 Å². The second-order valence-corrected chi connectivity index (χ2v) is 7.53. The van der Waals surface area contributed by atoms with Gasteiger partial charge < -0.3 is 5.11 Å². The van der Waals surface area contributed by atoms with Crippen LogP contribution in [0.25, 0.3) is 0 Å². The standard InChI is InChI=1S/C13H14O3S2/c1-9-3-8-12(17-9)13(14)10-4-6-11(7-5-10)18(2,15)16/h3-8,13-14H,1-2H3. The average Bonchev–Trinajstić information content (AvgIpc) is 2.74. The fraction of sp³-hybridized carbons (Fsp3) is 0.231. The molecule has 96 valence electrons. The Labute approximate surface area is 111 Å². The maximum Gasteiger partial charge on any atom is 0.175 e. The molecular weight excluding hydrogens is 268 g/mol. The molecule has 0 saturated carbocycles. The Morgan fingerprint density at radius 2 is 1.72 bits per heavy atom. The molecule has 0 spiro atoms. The molecule has 18 heavy (non-hydrogen) atoms. The predicted octanol–water partition coefficient (Wildman–Crippen LogP) is 2.54. The molecule has 0 aliphatic carbocycles. The van der Waals surface area contributed by atoms with Gasteiger partial charge in [-0.1, -0.05) is 12.1 Å². The second kappa shape index (κ2) is 4.84. The summed E-state index contributed by atoms with van der Waals surface area (Å²) in [5, 5.41) is 10.2. The van der Waals surface area contributed by atoms with Crippen LogP contribution in [0.4, 0.5) is 0 Å². The minimum absolute atomic E-state index is 0.265. The summed E-state index contributed by atoms with van der Waals surface area (Å²) in [6.07, 6.45) is 0.471. The van der Waals surface area contributed by atoms with Gasteiger partial charge in [0.15, 0.2) is 9.84 Å². The van der Waals surface area contributed by atoms with Crippen LogP contribution in [0, 0.1) is 6.92 Å². The number of rotatable bonds is 3. The highest BCUT2D eigenvalue weighted by Gasteiger charge is 2.13. The van der Waals surface area contributed by atoms with Gasteiger partial charge in [0.25, 0.3) is 0 Å². The molecule has 1 atom stereocenters. The van der Waals surface area contributed by atoms with Crippen molar-refractivity contribution in [3.05, 3.63) is 51.7 Å². The number of hydrogen-bond acceptors (Lipinski definition) is 4. The molecule has 3 nitrogen and oxygen atoms in total. The number of hydrogen-bond donors (Lipinski definition) is 1. The highest BCUT2D eigenvalue weighted by Crippen LogP contribution is 2.28. The summed E-state index contributed by atoms with van der Waals surface area (Å²) in [5.41, 5.74) is 0.698. The molecular formula is C13H14O3S2. The van der Waals surface area contributed by atoms with Gasteiger partial charge in [0.2, 0.25) is 0 Å².